The van der Waals surface area contributed by atoms with Gasteiger partial charge in [0, 0.05) is 6.54 Å². The second-order valence-electron chi connectivity index (χ2n) is 4.69. The number of aliphatic hydroxyl groups is 1. The molecule has 3 nitrogen and oxygen atoms in total. The number of likely N-dealkylation sites (N-methyl/N-ethyl adjacent to an activating group) is 1. The fourth-order valence-electron chi connectivity index (χ4n) is 2.15. The molecule has 15 heavy (non-hydrogen) atoms. The first-order valence-electron chi connectivity index (χ1n) is 6.22. The lowest BCUT2D eigenvalue weighted by atomic mass is 9.89. The number of hydrogen-bond donors (Lipinski definition) is 2. The lowest BCUT2D eigenvalue weighted by Gasteiger charge is -2.27. The summed E-state index contributed by atoms with van der Waals surface area (Å²) in [6.45, 7) is 6.33. The summed E-state index contributed by atoms with van der Waals surface area (Å²) in [5, 5.41) is 12.7. The van der Waals surface area contributed by atoms with Crippen molar-refractivity contribution in [2.75, 3.05) is 19.7 Å². The largest absolute Gasteiger partial charge is 0.389 e. The van der Waals surface area contributed by atoms with Crippen molar-refractivity contribution in [3.8, 4) is 0 Å². The SMILES string of the molecule is CCNCC(O)COC1CCCC(C)C1. The van der Waals surface area contributed by atoms with Crippen molar-refractivity contribution in [2.24, 2.45) is 5.92 Å². The zero-order chi connectivity index (χ0) is 11.1. The van der Waals surface area contributed by atoms with Gasteiger partial charge in [0.1, 0.15) is 0 Å². The van der Waals surface area contributed by atoms with Crippen molar-refractivity contribution >= 4 is 0 Å². The summed E-state index contributed by atoms with van der Waals surface area (Å²) < 4.78 is 5.72. The highest BCUT2D eigenvalue weighted by Crippen LogP contribution is 2.25. The van der Waals surface area contributed by atoms with E-state index in [9.17, 15) is 5.11 Å². The van der Waals surface area contributed by atoms with Gasteiger partial charge in [-0.1, -0.05) is 26.7 Å². The average molecular weight is 215 g/mol. The number of aliphatic hydroxyl groups excluding tert-OH is 1. The molecule has 1 aliphatic rings. The van der Waals surface area contributed by atoms with E-state index in [1.54, 1.807) is 0 Å². The highest BCUT2D eigenvalue weighted by Gasteiger charge is 2.19. The van der Waals surface area contributed by atoms with Crippen LogP contribution >= 0.6 is 0 Å². The third kappa shape index (κ3) is 5.50. The Balaban J connectivity index is 2.07. The van der Waals surface area contributed by atoms with Crippen LogP contribution in [-0.2, 0) is 4.74 Å². The first-order valence-corrected chi connectivity index (χ1v) is 6.22. The summed E-state index contributed by atoms with van der Waals surface area (Å²) in [5.74, 6) is 0.787. The van der Waals surface area contributed by atoms with Gasteiger partial charge in [0.15, 0.2) is 0 Å². The molecule has 0 aliphatic heterocycles. The van der Waals surface area contributed by atoms with Crippen molar-refractivity contribution in [3.63, 3.8) is 0 Å². The maximum Gasteiger partial charge on any atom is 0.0897 e. The van der Waals surface area contributed by atoms with Crippen molar-refractivity contribution < 1.29 is 9.84 Å². The number of nitrogens with one attached hydrogen (secondary N) is 1. The van der Waals surface area contributed by atoms with Gasteiger partial charge in [0.2, 0.25) is 0 Å². The molecule has 3 heteroatoms. The quantitative estimate of drug-likeness (QED) is 0.706. The normalized spacial score (nSPS) is 29.0. The van der Waals surface area contributed by atoms with Gasteiger partial charge in [0.25, 0.3) is 0 Å². The molecule has 0 aromatic carbocycles. The predicted octanol–water partition coefficient (Wildman–Crippen LogP) is 1.55. The van der Waals surface area contributed by atoms with Crippen LogP contribution in [0.5, 0.6) is 0 Å². The molecule has 0 saturated heterocycles. The molecule has 1 saturated carbocycles. The summed E-state index contributed by atoms with van der Waals surface area (Å²) >= 11 is 0. The summed E-state index contributed by atoms with van der Waals surface area (Å²) in [4.78, 5) is 0. The molecule has 3 unspecified atom stereocenters. The van der Waals surface area contributed by atoms with Crippen molar-refractivity contribution in [3.05, 3.63) is 0 Å². The molecule has 0 heterocycles. The van der Waals surface area contributed by atoms with E-state index in [1.165, 1.54) is 12.8 Å². The van der Waals surface area contributed by atoms with Crippen LogP contribution < -0.4 is 5.32 Å². The van der Waals surface area contributed by atoms with Crippen LogP contribution in [0, 0.1) is 5.92 Å². The van der Waals surface area contributed by atoms with Crippen LogP contribution in [0.15, 0.2) is 0 Å². The first-order chi connectivity index (χ1) is 7.22. The summed E-state index contributed by atoms with van der Waals surface area (Å²) in [6, 6.07) is 0. The maximum absolute atomic E-state index is 9.59. The van der Waals surface area contributed by atoms with Crippen molar-refractivity contribution in [1.29, 1.82) is 0 Å². The summed E-state index contributed by atoms with van der Waals surface area (Å²) in [7, 11) is 0. The Morgan fingerprint density at radius 2 is 2.27 bits per heavy atom. The molecule has 1 aliphatic carbocycles. The molecular weight excluding hydrogens is 190 g/mol. The number of ether oxygens (including phenoxy) is 1. The maximum atomic E-state index is 9.59. The van der Waals surface area contributed by atoms with Gasteiger partial charge in [-0.05, 0) is 25.3 Å². The second kappa shape index (κ2) is 7.20. The van der Waals surface area contributed by atoms with E-state index < -0.39 is 0 Å². The molecular formula is C12H25NO2. The Bertz CT molecular complexity index is 164. The summed E-state index contributed by atoms with van der Waals surface area (Å²) in [6.07, 6.45) is 4.95. The highest BCUT2D eigenvalue weighted by molar-refractivity contribution is 4.71. The number of rotatable bonds is 6. The molecule has 0 aromatic heterocycles. The van der Waals surface area contributed by atoms with E-state index in [4.69, 9.17) is 4.74 Å². The molecule has 0 radical (unpaired) electrons. The molecule has 0 spiro atoms. The molecule has 3 atom stereocenters. The molecule has 1 fully saturated rings. The van der Waals surface area contributed by atoms with Gasteiger partial charge >= 0.3 is 0 Å². The fraction of sp³-hybridized carbons (Fsp3) is 1.00. The fourth-order valence-corrected chi connectivity index (χ4v) is 2.15. The van der Waals surface area contributed by atoms with Crippen LogP contribution in [0.1, 0.15) is 39.5 Å². The van der Waals surface area contributed by atoms with Gasteiger partial charge < -0.3 is 15.2 Å². The zero-order valence-corrected chi connectivity index (χ0v) is 10.0. The minimum atomic E-state index is -0.359. The van der Waals surface area contributed by atoms with E-state index >= 15 is 0 Å². The smallest absolute Gasteiger partial charge is 0.0897 e. The van der Waals surface area contributed by atoms with E-state index in [0.717, 1.165) is 25.3 Å². The van der Waals surface area contributed by atoms with Gasteiger partial charge in [-0.2, -0.15) is 0 Å². The topological polar surface area (TPSA) is 41.5 Å². The zero-order valence-electron chi connectivity index (χ0n) is 10.0. The standard InChI is InChI=1S/C12H25NO2/c1-3-13-8-11(14)9-15-12-6-4-5-10(2)7-12/h10-14H,3-9H2,1-2H3. The van der Waals surface area contributed by atoms with E-state index in [-0.39, 0.29) is 6.10 Å². The van der Waals surface area contributed by atoms with Gasteiger partial charge in [-0.25, -0.2) is 0 Å². The first kappa shape index (κ1) is 12.9. The lowest BCUT2D eigenvalue weighted by Crippen LogP contribution is -2.33. The van der Waals surface area contributed by atoms with Crippen LogP contribution in [0.25, 0.3) is 0 Å². The Morgan fingerprint density at radius 1 is 1.47 bits per heavy atom. The Hall–Kier alpha value is -0.120. The van der Waals surface area contributed by atoms with E-state index in [0.29, 0.717) is 19.3 Å². The van der Waals surface area contributed by atoms with Crippen LogP contribution in [-0.4, -0.2) is 37.0 Å². The van der Waals surface area contributed by atoms with Crippen LogP contribution in [0.4, 0.5) is 0 Å². The molecule has 0 aromatic rings. The molecule has 2 N–H and O–H groups in total. The third-order valence-corrected chi connectivity index (χ3v) is 3.04. The van der Waals surface area contributed by atoms with E-state index in [1.807, 2.05) is 6.92 Å². The molecule has 0 amide bonds. The molecule has 90 valence electrons. The van der Waals surface area contributed by atoms with Crippen LogP contribution in [0.3, 0.4) is 0 Å². The van der Waals surface area contributed by atoms with Crippen molar-refractivity contribution in [2.45, 2.75) is 51.7 Å². The second-order valence-corrected chi connectivity index (χ2v) is 4.69. The molecule has 1 rings (SSSR count). The number of hydrogen-bond acceptors (Lipinski definition) is 3. The Kier molecular flexibility index (Phi) is 6.22. The Labute approximate surface area is 93.2 Å². The molecule has 0 bridgehead atoms. The monoisotopic (exact) mass is 215 g/mol. The highest BCUT2D eigenvalue weighted by atomic mass is 16.5. The predicted molar refractivity (Wildman–Crippen MR) is 61.9 cm³/mol. The van der Waals surface area contributed by atoms with Crippen molar-refractivity contribution in [1.82, 2.24) is 5.32 Å². The van der Waals surface area contributed by atoms with Crippen LogP contribution in [0.2, 0.25) is 0 Å². The van der Waals surface area contributed by atoms with Gasteiger partial charge in [0.05, 0.1) is 18.8 Å². The third-order valence-electron chi connectivity index (χ3n) is 3.04. The minimum Gasteiger partial charge on any atom is -0.389 e. The summed E-state index contributed by atoms with van der Waals surface area (Å²) in [5.41, 5.74) is 0. The Morgan fingerprint density at radius 3 is 2.93 bits per heavy atom. The minimum absolute atomic E-state index is 0.359. The average Bonchev–Trinajstić information content (AvgIpc) is 2.23. The van der Waals surface area contributed by atoms with E-state index in [2.05, 4.69) is 12.2 Å². The van der Waals surface area contributed by atoms with Gasteiger partial charge in [-0.15, -0.1) is 0 Å². The lowest BCUT2D eigenvalue weighted by molar-refractivity contribution is -0.0304. The van der Waals surface area contributed by atoms with Gasteiger partial charge in [-0.3, -0.25) is 0 Å².